The number of rotatable bonds is 2. The van der Waals surface area contributed by atoms with Crippen LogP contribution in [-0.4, -0.2) is 36.0 Å². The van der Waals surface area contributed by atoms with Crippen LogP contribution >= 0.6 is 0 Å². The van der Waals surface area contributed by atoms with Gasteiger partial charge in [0.25, 0.3) is 0 Å². The van der Waals surface area contributed by atoms with Crippen LogP contribution in [0.4, 0.5) is 0 Å². The molecule has 2 fully saturated rings. The Morgan fingerprint density at radius 2 is 2.25 bits per heavy atom. The molecule has 2 rings (SSSR count). The Kier molecular flexibility index (Phi) is 3.22. The molecule has 0 aromatic carbocycles. The van der Waals surface area contributed by atoms with Crippen molar-refractivity contribution in [2.45, 2.75) is 50.9 Å². The Hall–Kier alpha value is -0.450. The average Bonchev–Trinajstić information content (AvgIpc) is 2.76. The lowest BCUT2D eigenvalue weighted by Gasteiger charge is -2.25. The van der Waals surface area contributed by atoms with E-state index in [0.717, 1.165) is 0 Å². The molecule has 1 aliphatic carbocycles. The zero-order valence-electron chi connectivity index (χ0n) is 10.7. The van der Waals surface area contributed by atoms with Crippen LogP contribution in [0.15, 0.2) is 0 Å². The van der Waals surface area contributed by atoms with Crippen LogP contribution in [0.5, 0.6) is 0 Å². The standard InChI is InChI=1S/C12H20O4/c1-2-10(13)9-3-5-12(6-4-11(9)14)15-7-8-16-12/h9-10,13H,2-8H2,1H3/i9D. The van der Waals surface area contributed by atoms with Crippen LogP contribution in [0.1, 0.15) is 40.4 Å². The molecule has 2 aliphatic rings. The van der Waals surface area contributed by atoms with E-state index in [1.54, 1.807) is 6.92 Å². The first kappa shape index (κ1) is 10.7. The Morgan fingerprint density at radius 1 is 1.56 bits per heavy atom. The van der Waals surface area contributed by atoms with Gasteiger partial charge in [-0.25, -0.2) is 0 Å². The van der Waals surface area contributed by atoms with Gasteiger partial charge in [0.2, 0.25) is 0 Å². The molecule has 0 radical (unpaired) electrons. The fraction of sp³-hybridized carbons (Fsp3) is 0.917. The number of hydrogen-bond acceptors (Lipinski definition) is 4. The van der Waals surface area contributed by atoms with Gasteiger partial charge in [-0.1, -0.05) is 6.92 Å². The maximum atomic E-state index is 12.0. The van der Waals surface area contributed by atoms with Gasteiger partial charge < -0.3 is 14.6 Å². The van der Waals surface area contributed by atoms with Crippen molar-refractivity contribution in [2.24, 2.45) is 5.89 Å². The van der Waals surface area contributed by atoms with Gasteiger partial charge in [0, 0.05) is 26.5 Å². The molecule has 0 bridgehead atoms. The normalized spacial score (nSPS) is 37.1. The van der Waals surface area contributed by atoms with Crippen molar-refractivity contribution in [3.05, 3.63) is 0 Å². The molecular formula is C12H20O4. The lowest BCUT2D eigenvalue weighted by atomic mass is 9.91. The zero-order chi connectivity index (χ0) is 12.5. The summed E-state index contributed by atoms with van der Waals surface area (Å²) in [6.45, 7) is 2.89. The van der Waals surface area contributed by atoms with Crippen LogP contribution < -0.4 is 0 Å². The van der Waals surface area contributed by atoms with E-state index in [1.807, 2.05) is 0 Å². The third-order valence-electron chi connectivity index (χ3n) is 3.47. The van der Waals surface area contributed by atoms with Gasteiger partial charge >= 0.3 is 0 Å². The Bertz CT molecular complexity index is 301. The molecule has 1 spiro atoms. The highest BCUT2D eigenvalue weighted by Crippen LogP contribution is 2.36. The monoisotopic (exact) mass is 229 g/mol. The van der Waals surface area contributed by atoms with Crippen molar-refractivity contribution in [2.75, 3.05) is 13.2 Å². The summed E-state index contributed by atoms with van der Waals surface area (Å²) < 4.78 is 19.4. The van der Waals surface area contributed by atoms with E-state index >= 15 is 0 Å². The van der Waals surface area contributed by atoms with Crippen LogP contribution in [-0.2, 0) is 14.3 Å². The molecule has 0 amide bonds. The van der Waals surface area contributed by atoms with Crippen molar-refractivity contribution >= 4 is 5.78 Å². The first-order valence-electron chi connectivity index (χ1n) is 6.52. The van der Waals surface area contributed by atoms with Gasteiger partial charge in [0.15, 0.2) is 5.79 Å². The summed E-state index contributed by atoms with van der Waals surface area (Å²) in [6.07, 6.45) is 1.10. The molecule has 1 N–H and O–H groups in total. The van der Waals surface area contributed by atoms with Crippen molar-refractivity contribution < 1.29 is 20.7 Å². The maximum Gasteiger partial charge on any atom is 0.168 e. The molecule has 16 heavy (non-hydrogen) atoms. The highest BCUT2D eigenvalue weighted by Gasteiger charge is 2.42. The highest BCUT2D eigenvalue weighted by molar-refractivity contribution is 5.81. The predicted molar refractivity (Wildman–Crippen MR) is 57.9 cm³/mol. The molecule has 1 aliphatic heterocycles. The molecule has 4 nitrogen and oxygen atoms in total. The largest absolute Gasteiger partial charge is 0.392 e. The Labute approximate surface area is 97.3 Å². The molecule has 1 saturated carbocycles. The molecular weight excluding hydrogens is 208 g/mol. The summed E-state index contributed by atoms with van der Waals surface area (Å²) in [5, 5.41) is 9.88. The van der Waals surface area contributed by atoms with Crippen molar-refractivity contribution in [1.82, 2.24) is 0 Å². The van der Waals surface area contributed by atoms with Gasteiger partial charge in [-0.05, 0) is 12.8 Å². The minimum absolute atomic E-state index is 0.192. The predicted octanol–water partition coefficient (Wildman–Crippen LogP) is 1.26. The molecule has 1 heterocycles. The third-order valence-corrected chi connectivity index (χ3v) is 3.47. The van der Waals surface area contributed by atoms with E-state index in [4.69, 9.17) is 10.8 Å². The number of carbonyl (C=O) groups is 1. The molecule has 1 saturated heterocycles. The van der Waals surface area contributed by atoms with E-state index in [9.17, 15) is 9.90 Å². The zero-order valence-corrected chi connectivity index (χ0v) is 9.70. The van der Waals surface area contributed by atoms with E-state index in [1.165, 1.54) is 0 Å². The minimum Gasteiger partial charge on any atom is -0.392 e. The summed E-state index contributed by atoms with van der Waals surface area (Å²) in [5.41, 5.74) is 0. The smallest absolute Gasteiger partial charge is 0.168 e. The number of aliphatic hydroxyl groups is 1. The second-order valence-electron chi connectivity index (χ2n) is 4.48. The molecule has 2 atom stereocenters. The second kappa shape index (κ2) is 4.82. The fourth-order valence-corrected chi connectivity index (χ4v) is 2.44. The third kappa shape index (κ3) is 2.29. The SMILES string of the molecule is [2H]C1(C(O)CC)CCC2(CCC1=O)OCCO2. The number of aliphatic hydroxyl groups excluding tert-OH is 1. The van der Waals surface area contributed by atoms with E-state index in [0.29, 0.717) is 38.9 Å². The number of Topliss-reactive ketones (excluding diaryl/α,β-unsaturated/α-hetero) is 1. The second-order valence-corrected chi connectivity index (χ2v) is 4.48. The van der Waals surface area contributed by atoms with E-state index in [-0.39, 0.29) is 12.2 Å². The summed E-state index contributed by atoms with van der Waals surface area (Å²) in [6, 6.07) is 0. The first-order valence-corrected chi connectivity index (χ1v) is 6.02. The first-order chi connectivity index (χ1) is 8.02. The van der Waals surface area contributed by atoms with Crippen molar-refractivity contribution in [1.29, 1.82) is 0 Å². The lowest BCUT2D eigenvalue weighted by Crippen LogP contribution is -2.29. The van der Waals surface area contributed by atoms with Crippen LogP contribution in [0, 0.1) is 5.89 Å². The topological polar surface area (TPSA) is 55.8 Å². The van der Waals surface area contributed by atoms with E-state index < -0.39 is 17.8 Å². The van der Waals surface area contributed by atoms with Crippen LogP contribution in [0.3, 0.4) is 0 Å². The van der Waals surface area contributed by atoms with E-state index in [2.05, 4.69) is 0 Å². The summed E-state index contributed by atoms with van der Waals surface area (Å²) in [4.78, 5) is 12.0. The summed E-state index contributed by atoms with van der Waals surface area (Å²) in [7, 11) is 0. The van der Waals surface area contributed by atoms with Gasteiger partial charge in [-0.15, -0.1) is 0 Å². The molecule has 0 aromatic rings. The van der Waals surface area contributed by atoms with Gasteiger partial charge in [0.1, 0.15) is 5.78 Å². The van der Waals surface area contributed by atoms with Crippen molar-refractivity contribution in [3.63, 3.8) is 0 Å². The quantitative estimate of drug-likeness (QED) is 0.774. The molecule has 4 heteroatoms. The number of carbonyl (C=O) groups excluding carboxylic acids is 1. The summed E-state index contributed by atoms with van der Waals surface area (Å²) >= 11 is 0. The number of hydrogen-bond donors (Lipinski definition) is 1. The number of ether oxygens (including phenoxy) is 2. The van der Waals surface area contributed by atoms with Gasteiger partial charge in [-0.3, -0.25) is 4.79 Å². The Morgan fingerprint density at radius 3 is 2.88 bits per heavy atom. The van der Waals surface area contributed by atoms with Crippen molar-refractivity contribution in [3.8, 4) is 0 Å². The average molecular weight is 229 g/mol. The summed E-state index contributed by atoms with van der Waals surface area (Å²) in [5.74, 6) is -2.25. The number of ketones is 1. The minimum atomic E-state index is -1.38. The molecule has 2 unspecified atom stereocenters. The molecule has 92 valence electrons. The van der Waals surface area contributed by atoms with Crippen LogP contribution in [0.2, 0.25) is 0 Å². The van der Waals surface area contributed by atoms with Gasteiger partial charge in [0.05, 0.1) is 19.3 Å². The maximum absolute atomic E-state index is 12.0. The molecule has 0 aromatic heterocycles. The Balaban J connectivity index is 2.14. The fourth-order valence-electron chi connectivity index (χ4n) is 2.44. The van der Waals surface area contributed by atoms with Gasteiger partial charge in [-0.2, -0.15) is 0 Å². The lowest BCUT2D eigenvalue weighted by molar-refractivity contribution is -0.166. The van der Waals surface area contributed by atoms with Crippen LogP contribution in [0.25, 0.3) is 0 Å². The highest BCUT2D eigenvalue weighted by atomic mass is 16.7.